The minimum Gasteiger partial charge on any atom is -0.374 e. The van der Waals surface area contributed by atoms with Crippen molar-refractivity contribution in [3.8, 4) is 0 Å². The molecule has 0 aromatic carbocycles. The van der Waals surface area contributed by atoms with E-state index in [0.717, 1.165) is 31.5 Å². The highest BCUT2D eigenvalue weighted by atomic mass is 16.5. The van der Waals surface area contributed by atoms with E-state index in [0.29, 0.717) is 0 Å². The van der Waals surface area contributed by atoms with Crippen LogP contribution in [0.25, 0.3) is 0 Å². The molecule has 100 valence electrons. The van der Waals surface area contributed by atoms with Crippen LogP contribution in [0.15, 0.2) is 0 Å². The Balaban J connectivity index is 1.80. The SMILES string of the molecule is CCNCC1(OCCC2CC2)CCCC(C)C1. The maximum absolute atomic E-state index is 6.33. The maximum Gasteiger partial charge on any atom is 0.0808 e. The highest BCUT2D eigenvalue weighted by molar-refractivity contribution is 4.89. The molecule has 2 atom stereocenters. The van der Waals surface area contributed by atoms with E-state index in [1.807, 2.05) is 0 Å². The molecule has 2 nitrogen and oxygen atoms in total. The van der Waals surface area contributed by atoms with Crippen LogP contribution in [0.1, 0.15) is 58.8 Å². The summed E-state index contributed by atoms with van der Waals surface area (Å²) in [5.74, 6) is 1.83. The zero-order valence-corrected chi connectivity index (χ0v) is 11.6. The summed E-state index contributed by atoms with van der Waals surface area (Å²) >= 11 is 0. The molecule has 0 spiro atoms. The fraction of sp³-hybridized carbons (Fsp3) is 1.00. The van der Waals surface area contributed by atoms with Crippen LogP contribution >= 0.6 is 0 Å². The lowest BCUT2D eigenvalue weighted by molar-refractivity contribution is -0.0808. The van der Waals surface area contributed by atoms with E-state index < -0.39 is 0 Å². The van der Waals surface area contributed by atoms with E-state index in [2.05, 4.69) is 19.2 Å². The van der Waals surface area contributed by atoms with Crippen molar-refractivity contribution in [2.45, 2.75) is 64.4 Å². The number of hydrogen-bond acceptors (Lipinski definition) is 2. The van der Waals surface area contributed by atoms with Gasteiger partial charge in [0, 0.05) is 13.2 Å². The minimum atomic E-state index is 0.155. The standard InChI is InChI=1S/C15H29NO/c1-3-16-12-15(9-4-5-13(2)11-15)17-10-8-14-6-7-14/h13-14,16H,3-12H2,1-2H3. The molecule has 0 amide bonds. The average molecular weight is 239 g/mol. The zero-order valence-electron chi connectivity index (χ0n) is 11.6. The molecule has 1 N–H and O–H groups in total. The molecule has 0 aliphatic heterocycles. The third-order valence-electron chi connectivity index (χ3n) is 4.38. The van der Waals surface area contributed by atoms with E-state index in [1.165, 1.54) is 44.9 Å². The number of nitrogens with one attached hydrogen (secondary N) is 1. The fourth-order valence-corrected chi connectivity index (χ4v) is 3.16. The number of ether oxygens (including phenoxy) is 1. The van der Waals surface area contributed by atoms with Crippen molar-refractivity contribution < 1.29 is 4.74 Å². The second-order valence-corrected chi connectivity index (χ2v) is 6.25. The molecule has 0 saturated heterocycles. The smallest absolute Gasteiger partial charge is 0.0808 e. The molecule has 2 aliphatic carbocycles. The van der Waals surface area contributed by atoms with Crippen molar-refractivity contribution in [2.75, 3.05) is 19.7 Å². The van der Waals surface area contributed by atoms with Gasteiger partial charge in [-0.3, -0.25) is 0 Å². The molecular weight excluding hydrogens is 210 g/mol. The average Bonchev–Trinajstić information content (AvgIpc) is 3.11. The molecule has 2 rings (SSSR count). The molecule has 2 saturated carbocycles. The highest BCUT2D eigenvalue weighted by Gasteiger charge is 2.35. The lowest BCUT2D eigenvalue weighted by atomic mass is 9.78. The van der Waals surface area contributed by atoms with Crippen molar-refractivity contribution in [1.82, 2.24) is 5.32 Å². The first-order valence-corrected chi connectivity index (χ1v) is 7.59. The molecule has 0 aromatic heterocycles. The largest absolute Gasteiger partial charge is 0.374 e. The first-order valence-electron chi connectivity index (χ1n) is 7.59. The number of likely N-dealkylation sites (N-methyl/N-ethyl adjacent to an activating group) is 1. The van der Waals surface area contributed by atoms with Crippen molar-refractivity contribution >= 4 is 0 Å². The summed E-state index contributed by atoms with van der Waals surface area (Å²) in [6, 6.07) is 0. The predicted molar refractivity (Wildman–Crippen MR) is 72.2 cm³/mol. The zero-order chi connectivity index (χ0) is 12.1. The number of hydrogen-bond donors (Lipinski definition) is 1. The maximum atomic E-state index is 6.33. The fourth-order valence-electron chi connectivity index (χ4n) is 3.16. The lowest BCUT2D eigenvalue weighted by Crippen LogP contribution is -2.46. The Kier molecular flexibility index (Phi) is 4.87. The Hall–Kier alpha value is -0.0800. The lowest BCUT2D eigenvalue weighted by Gasteiger charge is -2.40. The van der Waals surface area contributed by atoms with Crippen LogP contribution in [-0.2, 0) is 4.74 Å². The van der Waals surface area contributed by atoms with Gasteiger partial charge in [-0.1, -0.05) is 39.5 Å². The van der Waals surface area contributed by atoms with Crippen molar-refractivity contribution in [2.24, 2.45) is 11.8 Å². The normalized spacial score (nSPS) is 33.9. The third-order valence-corrected chi connectivity index (χ3v) is 4.38. The minimum absolute atomic E-state index is 0.155. The summed E-state index contributed by atoms with van der Waals surface area (Å²) in [7, 11) is 0. The predicted octanol–water partition coefficient (Wildman–Crippen LogP) is 3.36. The van der Waals surface area contributed by atoms with Crippen LogP contribution in [0.2, 0.25) is 0 Å². The quantitative estimate of drug-likeness (QED) is 0.735. The van der Waals surface area contributed by atoms with Gasteiger partial charge in [-0.05, 0) is 37.6 Å². The second-order valence-electron chi connectivity index (χ2n) is 6.25. The van der Waals surface area contributed by atoms with Crippen molar-refractivity contribution in [3.63, 3.8) is 0 Å². The van der Waals surface area contributed by atoms with Crippen LogP contribution in [-0.4, -0.2) is 25.3 Å². The Morgan fingerprint density at radius 2 is 2.12 bits per heavy atom. The first kappa shape index (κ1) is 13.4. The van der Waals surface area contributed by atoms with E-state index in [-0.39, 0.29) is 5.60 Å². The molecular formula is C15H29NO. The van der Waals surface area contributed by atoms with E-state index in [1.54, 1.807) is 0 Å². The van der Waals surface area contributed by atoms with Gasteiger partial charge in [-0.15, -0.1) is 0 Å². The Labute approximate surface area is 107 Å². The van der Waals surface area contributed by atoms with Gasteiger partial charge in [-0.25, -0.2) is 0 Å². The van der Waals surface area contributed by atoms with Crippen LogP contribution < -0.4 is 5.32 Å². The summed E-state index contributed by atoms with van der Waals surface area (Å²) < 4.78 is 6.33. The van der Waals surface area contributed by atoms with Crippen molar-refractivity contribution in [3.05, 3.63) is 0 Å². The van der Waals surface area contributed by atoms with Crippen LogP contribution in [0.3, 0.4) is 0 Å². The number of rotatable bonds is 7. The molecule has 2 fully saturated rings. The van der Waals surface area contributed by atoms with Gasteiger partial charge in [-0.2, -0.15) is 0 Å². The molecule has 2 heteroatoms. The monoisotopic (exact) mass is 239 g/mol. The molecule has 0 bridgehead atoms. The highest BCUT2D eigenvalue weighted by Crippen LogP contribution is 2.37. The van der Waals surface area contributed by atoms with Gasteiger partial charge >= 0.3 is 0 Å². The molecule has 0 aromatic rings. The van der Waals surface area contributed by atoms with Crippen LogP contribution in [0.5, 0.6) is 0 Å². The summed E-state index contributed by atoms with van der Waals surface area (Å²) in [5, 5.41) is 3.51. The van der Waals surface area contributed by atoms with Crippen molar-refractivity contribution in [1.29, 1.82) is 0 Å². The van der Waals surface area contributed by atoms with Gasteiger partial charge < -0.3 is 10.1 Å². The molecule has 0 heterocycles. The molecule has 0 radical (unpaired) electrons. The summed E-state index contributed by atoms with van der Waals surface area (Å²) in [4.78, 5) is 0. The van der Waals surface area contributed by atoms with Gasteiger partial charge in [0.05, 0.1) is 5.60 Å². The molecule has 2 aliphatic rings. The van der Waals surface area contributed by atoms with Gasteiger partial charge in [0.25, 0.3) is 0 Å². The summed E-state index contributed by atoms with van der Waals surface area (Å²) in [6.45, 7) is 7.66. The Bertz CT molecular complexity index is 227. The van der Waals surface area contributed by atoms with Crippen LogP contribution in [0, 0.1) is 11.8 Å². The van der Waals surface area contributed by atoms with E-state index >= 15 is 0 Å². The molecule has 2 unspecified atom stereocenters. The van der Waals surface area contributed by atoms with Gasteiger partial charge in [0.2, 0.25) is 0 Å². The summed E-state index contributed by atoms with van der Waals surface area (Å²) in [5.41, 5.74) is 0.155. The molecule has 17 heavy (non-hydrogen) atoms. The van der Waals surface area contributed by atoms with Gasteiger partial charge in [0.1, 0.15) is 0 Å². The third kappa shape index (κ3) is 4.26. The topological polar surface area (TPSA) is 21.3 Å². The summed E-state index contributed by atoms with van der Waals surface area (Å²) in [6.07, 6.45) is 9.43. The Morgan fingerprint density at radius 3 is 2.76 bits per heavy atom. The van der Waals surface area contributed by atoms with Gasteiger partial charge in [0.15, 0.2) is 0 Å². The van der Waals surface area contributed by atoms with E-state index in [4.69, 9.17) is 4.74 Å². The van der Waals surface area contributed by atoms with Crippen LogP contribution in [0.4, 0.5) is 0 Å². The van der Waals surface area contributed by atoms with E-state index in [9.17, 15) is 0 Å². The Morgan fingerprint density at radius 1 is 1.29 bits per heavy atom. The first-order chi connectivity index (χ1) is 8.24. The second kappa shape index (κ2) is 6.19.